The number of rotatable bonds is 10. The zero-order valence-electron chi connectivity index (χ0n) is 20.0. The second-order valence-electron chi connectivity index (χ2n) is 8.36. The number of sulfonamides is 1. The molecule has 2 aromatic carbocycles. The quantitative estimate of drug-likeness (QED) is 0.495. The summed E-state index contributed by atoms with van der Waals surface area (Å²) in [7, 11) is -3.78. The van der Waals surface area contributed by atoms with Crippen molar-refractivity contribution in [2.45, 2.75) is 52.7 Å². The van der Waals surface area contributed by atoms with E-state index in [9.17, 15) is 18.0 Å². The Kier molecular flexibility index (Phi) is 9.79. The van der Waals surface area contributed by atoms with E-state index in [1.54, 1.807) is 43.3 Å². The first-order chi connectivity index (χ1) is 15.8. The predicted molar refractivity (Wildman–Crippen MR) is 138 cm³/mol. The van der Waals surface area contributed by atoms with Crippen LogP contribution >= 0.6 is 23.2 Å². The normalized spacial score (nSPS) is 13.1. The lowest BCUT2D eigenvalue weighted by Crippen LogP contribution is -2.52. The van der Waals surface area contributed by atoms with Crippen LogP contribution in [0.2, 0.25) is 10.0 Å². The van der Waals surface area contributed by atoms with Crippen LogP contribution in [0.25, 0.3) is 0 Å². The lowest BCUT2D eigenvalue weighted by molar-refractivity contribution is -0.139. The minimum absolute atomic E-state index is 0.00927. The molecule has 0 bridgehead atoms. The van der Waals surface area contributed by atoms with Crippen LogP contribution in [0, 0.1) is 6.92 Å². The third kappa shape index (κ3) is 7.61. The maximum atomic E-state index is 13.5. The maximum Gasteiger partial charge on any atom is 0.244 e. The summed E-state index contributed by atoms with van der Waals surface area (Å²) in [5, 5.41) is 3.67. The molecule has 2 atom stereocenters. The lowest BCUT2D eigenvalue weighted by Gasteiger charge is -2.32. The summed E-state index contributed by atoms with van der Waals surface area (Å²) in [5.41, 5.74) is 1.81. The molecular formula is C24H31Cl2N3O4S. The van der Waals surface area contributed by atoms with Gasteiger partial charge in [0.1, 0.15) is 12.6 Å². The summed E-state index contributed by atoms with van der Waals surface area (Å²) in [5.74, 6) is -0.876. The fourth-order valence-corrected chi connectivity index (χ4v) is 4.59. The van der Waals surface area contributed by atoms with Crippen molar-refractivity contribution in [2.24, 2.45) is 0 Å². The van der Waals surface area contributed by atoms with Gasteiger partial charge in [-0.1, -0.05) is 48.3 Å². The molecule has 0 fully saturated rings. The zero-order valence-corrected chi connectivity index (χ0v) is 22.3. The van der Waals surface area contributed by atoms with Gasteiger partial charge in [-0.25, -0.2) is 8.42 Å². The minimum Gasteiger partial charge on any atom is -0.352 e. The van der Waals surface area contributed by atoms with Crippen molar-refractivity contribution in [3.8, 4) is 0 Å². The van der Waals surface area contributed by atoms with Crippen LogP contribution < -0.4 is 9.62 Å². The number of aryl methyl sites for hydroxylation is 1. The summed E-state index contributed by atoms with van der Waals surface area (Å²) in [6.45, 7) is 6.80. The molecule has 2 amide bonds. The predicted octanol–water partition coefficient (Wildman–Crippen LogP) is 4.40. The third-order valence-corrected chi connectivity index (χ3v) is 7.22. The van der Waals surface area contributed by atoms with Crippen LogP contribution in [0.4, 0.5) is 5.69 Å². The van der Waals surface area contributed by atoms with Gasteiger partial charge in [0, 0.05) is 22.6 Å². The number of halogens is 2. The Bertz CT molecular complexity index is 1140. The number of hydrogen-bond donors (Lipinski definition) is 1. The van der Waals surface area contributed by atoms with E-state index in [0.29, 0.717) is 21.3 Å². The van der Waals surface area contributed by atoms with E-state index >= 15 is 0 Å². The Morgan fingerprint density at radius 2 is 1.76 bits per heavy atom. The van der Waals surface area contributed by atoms with Crippen LogP contribution in [0.5, 0.6) is 0 Å². The molecule has 186 valence electrons. The Balaban J connectivity index is 2.42. The second kappa shape index (κ2) is 11.9. The lowest BCUT2D eigenvalue weighted by atomic mass is 10.1. The molecule has 1 N–H and O–H groups in total. The van der Waals surface area contributed by atoms with E-state index in [1.165, 1.54) is 4.90 Å². The molecule has 0 aliphatic heterocycles. The van der Waals surface area contributed by atoms with Gasteiger partial charge in [-0.2, -0.15) is 0 Å². The summed E-state index contributed by atoms with van der Waals surface area (Å²) < 4.78 is 26.2. The number of amides is 2. The van der Waals surface area contributed by atoms with E-state index in [1.807, 2.05) is 26.8 Å². The highest BCUT2D eigenvalue weighted by Crippen LogP contribution is 2.24. The van der Waals surface area contributed by atoms with Gasteiger partial charge in [0.15, 0.2) is 0 Å². The Labute approximate surface area is 212 Å². The number of anilines is 1. The Hall–Kier alpha value is -2.29. The molecule has 10 heteroatoms. The number of carbonyl (C=O) groups is 2. The fraction of sp³-hybridized carbons (Fsp3) is 0.417. The van der Waals surface area contributed by atoms with Gasteiger partial charge >= 0.3 is 0 Å². The molecule has 0 radical (unpaired) electrons. The smallest absolute Gasteiger partial charge is 0.244 e. The van der Waals surface area contributed by atoms with Gasteiger partial charge in [0.25, 0.3) is 0 Å². The van der Waals surface area contributed by atoms with Gasteiger partial charge in [0.05, 0.1) is 11.9 Å². The standard InChI is InChI=1S/C24H31Cl2N3O4S/c1-6-17(3)27-24(31)18(4)28(14-19-10-11-20(25)13-22(19)26)23(30)15-29(34(5,32)33)21-9-7-8-16(2)12-21/h7-13,17-18H,6,14-15H2,1-5H3,(H,27,31)/t17-,18+/m0/s1. The number of carbonyl (C=O) groups excluding carboxylic acids is 2. The molecule has 0 saturated carbocycles. The van der Waals surface area contributed by atoms with Crippen LogP contribution in [0.15, 0.2) is 42.5 Å². The molecule has 0 spiro atoms. The van der Waals surface area contributed by atoms with Gasteiger partial charge in [-0.05, 0) is 62.6 Å². The number of nitrogens with zero attached hydrogens (tertiary/aromatic N) is 2. The summed E-state index contributed by atoms with van der Waals surface area (Å²) >= 11 is 12.3. The van der Waals surface area contributed by atoms with Crippen molar-refractivity contribution in [1.82, 2.24) is 10.2 Å². The Morgan fingerprint density at radius 1 is 1.09 bits per heavy atom. The maximum absolute atomic E-state index is 13.5. The van der Waals surface area contributed by atoms with Crippen molar-refractivity contribution >= 4 is 50.7 Å². The van der Waals surface area contributed by atoms with Gasteiger partial charge in [-0.3, -0.25) is 13.9 Å². The van der Waals surface area contributed by atoms with Crippen molar-refractivity contribution in [3.63, 3.8) is 0 Å². The Morgan fingerprint density at radius 3 is 2.32 bits per heavy atom. The first-order valence-corrected chi connectivity index (χ1v) is 13.5. The van der Waals surface area contributed by atoms with E-state index in [0.717, 1.165) is 22.5 Å². The molecule has 34 heavy (non-hydrogen) atoms. The molecule has 0 saturated heterocycles. The van der Waals surface area contributed by atoms with Gasteiger partial charge < -0.3 is 10.2 Å². The summed E-state index contributed by atoms with van der Waals surface area (Å²) in [6.07, 6.45) is 1.77. The van der Waals surface area contributed by atoms with Crippen LogP contribution in [-0.4, -0.2) is 50.0 Å². The van der Waals surface area contributed by atoms with Crippen LogP contribution in [0.1, 0.15) is 38.3 Å². The van der Waals surface area contributed by atoms with E-state index in [4.69, 9.17) is 23.2 Å². The zero-order chi connectivity index (χ0) is 25.6. The molecule has 2 aromatic rings. The fourth-order valence-electron chi connectivity index (χ4n) is 3.28. The second-order valence-corrected chi connectivity index (χ2v) is 11.1. The molecule has 7 nitrogen and oxygen atoms in total. The molecule has 0 unspecified atom stereocenters. The van der Waals surface area contributed by atoms with Crippen molar-refractivity contribution in [3.05, 3.63) is 63.6 Å². The highest BCUT2D eigenvalue weighted by molar-refractivity contribution is 7.92. The summed E-state index contributed by atoms with van der Waals surface area (Å²) in [4.78, 5) is 27.7. The van der Waals surface area contributed by atoms with E-state index in [2.05, 4.69) is 5.32 Å². The molecule has 0 aliphatic carbocycles. The average Bonchev–Trinajstić information content (AvgIpc) is 2.75. The van der Waals surface area contributed by atoms with Crippen molar-refractivity contribution in [2.75, 3.05) is 17.1 Å². The van der Waals surface area contributed by atoms with Gasteiger partial charge in [0.2, 0.25) is 21.8 Å². The van der Waals surface area contributed by atoms with Crippen LogP contribution in [-0.2, 0) is 26.2 Å². The van der Waals surface area contributed by atoms with Crippen LogP contribution in [0.3, 0.4) is 0 Å². The number of hydrogen-bond acceptors (Lipinski definition) is 4. The number of benzene rings is 2. The average molecular weight is 529 g/mol. The third-order valence-electron chi connectivity index (χ3n) is 5.49. The minimum atomic E-state index is -3.78. The molecule has 0 aliphatic rings. The van der Waals surface area contributed by atoms with E-state index < -0.39 is 28.5 Å². The van der Waals surface area contributed by atoms with Crippen molar-refractivity contribution in [1.29, 1.82) is 0 Å². The monoisotopic (exact) mass is 527 g/mol. The highest BCUT2D eigenvalue weighted by atomic mass is 35.5. The molecular weight excluding hydrogens is 497 g/mol. The number of nitrogens with one attached hydrogen (secondary N) is 1. The highest BCUT2D eigenvalue weighted by Gasteiger charge is 2.30. The molecule has 0 heterocycles. The van der Waals surface area contributed by atoms with Gasteiger partial charge in [-0.15, -0.1) is 0 Å². The molecule has 2 rings (SSSR count). The molecule has 0 aromatic heterocycles. The topological polar surface area (TPSA) is 86.8 Å². The summed E-state index contributed by atoms with van der Waals surface area (Å²) in [6, 6.07) is 10.8. The van der Waals surface area contributed by atoms with E-state index in [-0.39, 0.29) is 18.5 Å². The largest absolute Gasteiger partial charge is 0.352 e. The SMILES string of the molecule is CC[C@H](C)NC(=O)[C@@H](C)N(Cc1ccc(Cl)cc1Cl)C(=O)CN(c1cccc(C)c1)S(C)(=O)=O. The first-order valence-electron chi connectivity index (χ1n) is 10.9. The first kappa shape index (κ1) is 28.0. The van der Waals surface area contributed by atoms with Crippen molar-refractivity contribution < 1.29 is 18.0 Å².